The summed E-state index contributed by atoms with van der Waals surface area (Å²) in [7, 11) is -3.78. The van der Waals surface area contributed by atoms with E-state index in [1.165, 1.54) is 0 Å². The molecule has 0 aromatic heterocycles. The maximum atomic E-state index is 12.6. The van der Waals surface area contributed by atoms with Gasteiger partial charge in [0.15, 0.2) is 5.78 Å². The second kappa shape index (κ2) is 10.1. The average Bonchev–Trinajstić information content (AvgIpc) is 2.66. The molecule has 0 aliphatic rings. The van der Waals surface area contributed by atoms with E-state index in [9.17, 15) is 18.0 Å². The van der Waals surface area contributed by atoms with E-state index in [0.29, 0.717) is 6.42 Å². The number of ketones is 1. The van der Waals surface area contributed by atoms with Crippen LogP contribution in [0.2, 0.25) is 0 Å². The molecule has 2 rings (SSSR count). The molecule has 0 amide bonds. The number of sulfonamides is 1. The van der Waals surface area contributed by atoms with Crippen LogP contribution in [0.25, 0.3) is 0 Å². The maximum Gasteiger partial charge on any atom is 0.305 e. The van der Waals surface area contributed by atoms with Crippen LogP contribution in [0, 0.1) is 0 Å². The molecule has 2 aromatic rings. The third-order valence-corrected chi connectivity index (χ3v) is 5.60. The van der Waals surface area contributed by atoms with Crippen molar-refractivity contribution in [1.82, 2.24) is 4.72 Å². The van der Waals surface area contributed by atoms with Gasteiger partial charge in [0.2, 0.25) is 10.0 Å². The van der Waals surface area contributed by atoms with Gasteiger partial charge in [-0.1, -0.05) is 60.7 Å². The van der Waals surface area contributed by atoms with Crippen LogP contribution in [-0.4, -0.2) is 43.1 Å². The predicted octanol–water partition coefficient (Wildman–Crippen LogP) is 1.13. The van der Waals surface area contributed by atoms with Crippen LogP contribution in [0.5, 0.6) is 0 Å². The third kappa shape index (κ3) is 7.22. The Kier molecular flexibility index (Phi) is 7.86. The molecule has 0 bridgehead atoms. The van der Waals surface area contributed by atoms with Gasteiger partial charge >= 0.3 is 5.97 Å². The number of rotatable bonds is 11. The first kappa shape index (κ1) is 21.7. The van der Waals surface area contributed by atoms with Gasteiger partial charge in [0.05, 0.1) is 24.3 Å². The third-order valence-electron chi connectivity index (χ3n) is 4.21. The van der Waals surface area contributed by atoms with Gasteiger partial charge in [-0.25, -0.2) is 13.1 Å². The molecule has 0 radical (unpaired) electrons. The number of aliphatic carboxylic acids is 1. The lowest BCUT2D eigenvalue weighted by Crippen LogP contribution is -2.50. The molecule has 0 aliphatic carbocycles. The minimum Gasteiger partial charge on any atom is -0.481 e. The standard InChI is InChI=1S/C20H24N2O5S/c21-17(14-19(23)24)20(25)18(13-16-9-5-2-6-10-16)22-28(26,27)12-11-15-7-3-1-4-8-15/h1-10,17-18,22H,11-14,21H2,(H,23,24)/t17-,18?/m0/s1. The smallest absolute Gasteiger partial charge is 0.305 e. The fraction of sp³-hybridized carbons (Fsp3) is 0.300. The van der Waals surface area contributed by atoms with Crippen molar-refractivity contribution in [2.75, 3.05) is 5.75 Å². The lowest BCUT2D eigenvalue weighted by molar-refractivity contribution is -0.139. The first-order valence-corrected chi connectivity index (χ1v) is 10.5. The van der Waals surface area contributed by atoms with Crippen LogP contribution in [0.3, 0.4) is 0 Å². The molecule has 8 heteroatoms. The summed E-state index contributed by atoms with van der Waals surface area (Å²) in [5.74, 6) is -2.05. The first-order chi connectivity index (χ1) is 13.3. The summed E-state index contributed by atoms with van der Waals surface area (Å²) in [5.41, 5.74) is 7.30. The average molecular weight is 404 g/mol. The lowest BCUT2D eigenvalue weighted by atomic mass is 9.97. The van der Waals surface area contributed by atoms with Gasteiger partial charge in [-0.15, -0.1) is 0 Å². The molecule has 0 spiro atoms. The van der Waals surface area contributed by atoms with E-state index >= 15 is 0 Å². The van der Waals surface area contributed by atoms with Crippen molar-refractivity contribution >= 4 is 21.8 Å². The summed E-state index contributed by atoms with van der Waals surface area (Å²) in [5, 5.41) is 8.88. The zero-order valence-corrected chi connectivity index (χ0v) is 16.1. The monoisotopic (exact) mass is 404 g/mol. The molecular weight excluding hydrogens is 380 g/mol. The van der Waals surface area contributed by atoms with Crippen LogP contribution in [0.15, 0.2) is 60.7 Å². The van der Waals surface area contributed by atoms with E-state index < -0.39 is 40.3 Å². The number of hydrogen-bond donors (Lipinski definition) is 3. The van der Waals surface area contributed by atoms with Crippen molar-refractivity contribution in [3.05, 3.63) is 71.8 Å². The van der Waals surface area contributed by atoms with E-state index in [4.69, 9.17) is 10.8 Å². The zero-order chi connectivity index (χ0) is 20.6. The molecule has 7 nitrogen and oxygen atoms in total. The highest BCUT2D eigenvalue weighted by atomic mass is 32.2. The second-order valence-corrected chi connectivity index (χ2v) is 8.39. The Hall–Kier alpha value is -2.55. The maximum absolute atomic E-state index is 12.6. The van der Waals surface area contributed by atoms with Crippen molar-refractivity contribution in [2.24, 2.45) is 5.73 Å². The first-order valence-electron chi connectivity index (χ1n) is 8.86. The Labute approximate surface area is 164 Å². The Balaban J connectivity index is 2.12. The van der Waals surface area contributed by atoms with Crippen LogP contribution in [0.4, 0.5) is 0 Å². The highest BCUT2D eigenvalue weighted by molar-refractivity contribution is 7.89. The normalized spacial score (nSPS) is 13.6. The van der Waals surface area contributed by atoms with Crippen LogP contribution in [-0.2, 0) is 32.5 Å². The van der Waals surface area contributed by atoms with Gasteiger partial charge in [-0.2, -0.15) is 0 Å². The van der Waals surface area contributed by atoms with Crippen molar-refractivity contribution in [1.29, 1.82) is 0 Å². The number of benzene rings is 2. The molecule has 0 saturated heterocycles. The molecule has 0 heterocycles. The highest BCUT2D eigenvalue weighted by Crippen LogP contribution is 2.09. The predicted molar refractivity (Wildman–Crippen MR) is 106 cm³/mol. The largest absolute Gasteiger partial charge is 0.481 e. The molecule has 1 unspecified atom stereocenters. The number of carbonyl (C=O) groups excluding carboxylic acids is 1. The van der Waals surface area contributed by atoms with Gasteiger partial charge in [-0.3, -0.25) is 9.59 Å². The minimum atomic E-state index is -3.78. The molecule has 0 fully saturated rings. The number of aryl methyl sites for hydroxylation is 1. The van der Waals surface area contributed by atoms with E-state index in [0.717, 1.165) is 11.1 Å². The van der Waals surface area contributed by atoms with Crippen molar-refractivity contribution < 1.29 is 23.1 Å². The molecular formula is C20H24N2O5S. The Bertz CT molecular complexity index is 885. The molecule has 150 valence electrons. The van der Waals surface area contributed by atoms with Gasteiger partial charge < -0.3 is 10.8 Å². The number of Topliss-reactive ketones (excluding diaryl/α,β-unsaturated/α-hetero) is 1. The van der Waals surface area contributed by atoms with Crippen molar-refractivity contribution in [2.45, 2.75) is 31.3 Å². The summed E-state index contributed by atoms with van der Waals surface area (Å²) >= 11 is 0. The molecule has 4 N–H and O–H groups in total. The number of nitrogens with two attached hydrogens (primary N) is 1. The van der Waals surface area contributed by atoms with E-state index in [1.807, 2.05) is 30.3 Å². The quantitative estimate of drug-likeness (QED) is 0.515. The van der Waals surface area contributed by atoms with Gasteiger partial charge in [0.1, 0.15) is 0 Å². The van der Waals surface area contributed by atoms with E-state index in [2.05, 4.69) is 4.72 Å². The minimum absolute atomic E-state index is 0.0948. The van der Waals surface area contributed by atoms with Gasteiger partial charge in [0, 0.05) is 0 Å². The number of carboxylic acid groups (broad SMARTS) is 1. The molecule has 0 aliphatic heterocycles. The Morgan fingerprint density at radius 3 is 2.04 bits per heavy atom. The number of hydrogen-bond acceptors (Lipinski definition) is 5. The SMILES string of the molecule is N[C@@H](CC(=O)O)C(=O)C(Cc1ccccc1)NS(=O)(=O)CCc1ccccc1. The van der Waals surface area contributed by atoms with Gasteiger partial charge in [0.25, 0.3) is 0 Å². The van der Waals surface area contributed by atoms with Crippen molar-refractivity contribution in [3.63, 3.8) is 0 Å². The zero-order valence-electron chi connectivity index (χ0n) is 15.3. The van der Waals surface area contributed by atoms with E-state index in [1.54, 1.807) is 30.3 Å². The fourth-order valence-electron chi connectivity index (χ4n) is 2.77. The molecule has 2 aromatic carbocycles. The van der Waals surface area contributed by atoms with Crippen LogP contribution < -0.4 is 10.5 Å². The lowest BCUT2D eigenvalue weighted by Gasteiger charge is -2.21. The summed E-state index contributed by atoms with van der Waals surface area (Å²) in [6.45, 7) is 0. The summed E-state index contributed by atoms with van der Waals surface area (Å²) in [6, 6.07) is 15.6. The summed E-state index contributed by atoms with van der Waals surface area (Å²) in [6.07, 6.45) is -0.170. The number of carboxylic acids is 1. The highest BCUT2D eigenvalue weighted by Gasteiger charge is 2.29. The number of nitrogens with one attached hydrogen (secondary N) is 1. The molecule has 28 heavy (non-hydrogen) atoms. The summed E-state index contributed by atoms with van der Waals surface area (Å²) < 4.78 is 27.5. The molecule has 2 atom stereocenters. The Morgan fingerprint density at radius 1 is 0.964 bits per heavy atom. The van der Waals surface area contributed by atoms with Crippen molar-refractivity contribution in [3.8, 4) is 0 Å². The van der Waals surface area contributed by atoms with Crippen LogP contribution >= 0.6 is 0 Å². The van der Waals surface area contributed by atoms with Gasteiger partial charge in [-0.05, 0) is 24.0 Å². The van der Waals surface area contributed by atoms with E-state index in [-0.39, 0.29) is 12.2 Å². The fourth-order valence-corrected chi connectivity index (χ4v) is 4.03. The molecule has 0 saturated carbocycles. The topological polar surface area (TPSA) is 127 Å². The Morgan fingerprint density at radius 2 is 1.50 bits per heavy atom. The van der Waals surface area contributed by atoms with Crippen LogP contribution in [0.1, 0.15) is 17.5 Å². The second-order valence-electron chi connectivity index (χ2n) is 6.52. The number of carbonyl (C=O) groups is 2. The summed E-state index contributed by atoms with van der Waals surface area (Å²) in [4.78, 5) is 23.5.